The molecule has 0 bridgehead atoms. The predicted molar refractivity (Wildman–Crippen MR) is 68.7 cm³/mol. The van der Waals surface area contributed by atoms with Crippen molar-refractivity contribution in [3.63, 3.8) is 0 Å². The van der Waals surface area contributed by atoms with Crippen LogP contribution < -0.4 is 4.74 Å². The largest absolute Gasteiger partial charge is 0.493 e. The van der Waals surface area contributed by atoms with Crippen LogP contribution in [0, 0.1) is 6.92 Å². The Morgan fingerprint density at radius 2 is 2.22 bits per heavy atom. The molecule has 2 aromatic rings. The molecule has 3 nitrogen and oxygen atoms in total. The molecular weight excluding hydrogens is 226 g/mol. The van der Waals surface area contributed by atoms with Crippen LogP contribution in [0.25, 0.3) is 0 Å². The number of nitrogens with zero attached hydrogens (tertiary/aromatic N) is 1. The molecule has 1 aromatic carbocycles. The van der Waals surface area contributed by atoms with Crippen LogP contribution in [0.5, 0.6) is 5.75 Å². The van der Waals surface area contributed by atoms with Crippen molar-refractivity contribution < 1.29 is 9.84 Å². The Labute approximate surface area is 106 Å². The standard InChI is InChI=1S/C15H15NO2/c1-10-4-6-16-9-13(10)15(17)12-2-3-14-11(8-12)5-7-18-14/h2-4,6,8-9,15,17H,5,7H2,1H3. The Morgan fingerprint density at radius 1 is 1.33 bits per heavy atom. The first-order valence-electron chi connectivity index (χ1n) is 6.10. The molecule has 0 amide bonds. The minimum atomic E-state index is -0.621. The van der Waals surface area contributed by atoms with Crippen LogP contribution in [0.3, 0.4) is 0 Å². The summed E-state index contributed by atoms with van der Waals surface area (Å²) in [5.74, 6) is 0.939. The number of aromatic nitrogens is 1. The van der Waals surface area contributed by atoms with Gasteiger partial charge in [0, 0.05) is 24.4 Å². The van der Waals surface area contributed by atoms with Gasteiger partial charge in [0.2, 0.25) is 0 Å². The molecule has 1 aliphatic heterocycles. The van der Waals surface area contributed by atoms with Gasteiger partial charge in [-0.2, -0.15) is 0 Å². The van der Waals surface area contributed by atoms with E-state index in [0.29, 0.717) is 0 Å². The second kappa shape index (κ2) is 4.42. The summed E-state index contributed by atoms with van der Waals surface area (Å²) in [7, 11) is 0. The highest BCUT2D eigenvalue weighted by atomic mass is 16.5. The average molecular weight is 241 g/mol. The van der Waals surface area contributed by atoms with Crippen molar-refractivity contribution in [1.82, 2.24) is 4.98 Å². The molecule has 2 heterocycles. The predicted octanol–water partition coefficient (Wildman–Crippen LogP) is 2.41. The van der Waals surface area contributed by atoms with Crippen LogP contribution in [0.1, 0.15) is 28.4 Å². The van der Waals surface area contributed by atoms with Crippen LogP contribution in [0.15, 0.2) is 36.7 Å². The number of pyridine rings is 1. The normalized spacial score (nSPS) is 15.0. The Hall–Kier alpha value is -1.87. The smallest absolute Gasteiger partial charge is 0.122 e. The lowest BCUT2D eigenvalue weighted by atomic mass is 9.97. The Kier molecular flexibility index (Phi) is 2.76. The maximum atomic E-state index is 10.4. The van der Waals surface area contributed by atoms with Gasteiger partial charge in [-0.3, -0.25) is 4.98 Å². The lowest BCUT2D eigenvalue weighted by Crippen LogP contribution is -2.03. The van der Waals surface area contributed by atoms with Gasteiger partial charge >= 0.3 is 0 Å². The van der Waals surface area contributed by atoms with E-state index in [-0.39, 0.29) is 0 Å². The van der Waals surface area contributed by atoms with Crippen LogP contribution in [-0.2, 0) is 6.42 Å². The monoisotopic (exact) mass is 241 g/mol. The number of benzene rings is 1. The quantitative estimate of drug-likeness (QED) is 0.878. The van der Waals surface area contributed by atoms with Crippen molar-refractivity contribution >= 4 is 0 Å². The minimum absolute atomic E-state index is 0.621. The molecule has 1 aliphatic rings. The first-order chi connectivity index (χ1) is 8.75. The van der Waals surface area contributed by atoms with Crippen LogP contribution in [0.4, 0.5) is 0 Å². The molecule has 0 saturated heterocycles. The van der Waals surface area contributed by atoms with Crippen molar-refractivity contribution in [3.05, 3.63) is 58.9 Å². The molecule has 0 aliphatic carbocycles. The fraction of sp³-hybridized carbons (Fsp3) is 0.267. The number of hydrogen-bond donors (Lipinski definition) is 1. The molecule has 1 unspecified atom stereocenters. The number of fused-ring (bicyclic) bond motifs is 1. The molecule has 3 rings (SSSR count). The highest BCUT2D eigenvalue weighted by Gasteiger charge is 2.17. The molecular formula is C15H15NO2. The highest BCUT2D eigenvalue weighted by Crippen LogP contribution is 2.31. The Balaban J connectivity index is 1.98. The maximum absolute atomic E-state index is 10.4. The second-order valence-electron chi connectivity index (χ2n) is 4.60. The zero-order valence-electron chi connectivity index (χ0n) is 10.3. The van der Waals surface area contributed by atoms with E-state index < -0.39 is 6.10 Å². The SMILES string of the molecule is Cc1ccncc1C(O)c1ccc2c(c1)CCO2. The van der Waals surface area contributed by atoms with Crippen molar-refractivity contribution in [2.45, 2.75) is 19.4 Å². The molecule has 1 aromatic heterocycles. The van der Waals surface area contributed by atoms with E-state index in [1.54, 1.807) is 12.4 Å². The van der Waals surface area contributed by atoms with Gasteiger partial charge in [-0.05, 0) is 41.8 Å². The average Bonchev–Trinajstić information content (AvgIpc) is 2.85. The molecule has 0 fully saturated rings. The molecule has 1 N–H and O–H groups in total. The van der Waals surface area contributed by atoms with E-state index in [1.165, 1.54) is 5.56 Å². The molecule has 18 heavy (non-hydrogen) atoms. The lowest BCUT2D eigenvalue weighted by Gasteiger charge is -2.14. The molecule has 1 atom stereocenters. The summed E-state index contributed by atoms with van der Waals surface area (Å²) in [5, 5.41) is 10.4. The van der Waals surface area contributed by atoms with E-state index in [9.17, 15) is 5.11 Å². The van der Waals surface area contributed by atoms with Gasteiger partial charge in [0.25, 0.3) is 0 Å². The minimum Gasteiger partial charge on any atom is -0.493 e. The van der Waals surface area contributed by atoms with Gasteiger partial charge in [-0.1, -0.05) is 6.07 Å². The summed E-state index contributed by atoms with van der Waals surface area (Å²) < 4.78 is 5.47. The molecule has 0 spiro atoms. The summed E-state index contributed by atoms with van der Waals surface area (Å²) >= 11 is 0. The highest BCUT2D eigenvalue weighted by molar-refractivity contribution is 5.43. The van der Waals surface area contributed by atoms with E-state index in [0.717, 1.165) is 35.5 Å². The van der Waals surface area contributed by atoms with Gasteiger partial charge in [-0.25, -0.2) is 0 Å². The Morgan fingerprint density at radius 3 is 3.06 bits per heavy atom. The summed E-state index contributed by atoms with van der Waals surface area (Å²) in [5.41, 5.74) is 3.98. The number of aliphatic hydroxyl groups excluding tert-OH is 1. The maximum Gasteiger partial charge on any atom is 0.122 e. The third-order valence-corrected chi connectivity index (χ3v) is 3.40. The van der Waals surface area contributed by atoms with Crippen LogP contribution >= 0.6 is 0 Å². The molecule has 3 heteroatoms. The first kappa shape index (κ1) is 11.2. The number of aliphatic hydroxyl groups is 1. The molecule has 0 saturated carbocycles. The van der Waals surface area contributed by atoms with Crippen molar-refractivity contribution in [1.29, 1.82) is 0 Å². The van der Waals surface area contributed by atoms with E-state index in [2.05, 4.69) is 4.98 Å². The first-order valence-corrected chi connectivity index (χ1v) is 6.10. The zero-order valence-corrected chi connectivity index (χ0v) is 10.3. The van der Waals surface area contributed by atoms with Crippen molar-refractivity contribution in [2.24, 2.45) is 0 Å². The fourth-order valence-corrected chi connectivity index (χ4v) is 2.32. The van der Waals surface area contributed by atoms with Crippen LogP contribution in [0.2, 0.25) is 0 Å². The van der Waals surface area contributed by atoms with Crippen LogP contribution in [-0.4, -0.2) is 16.7 Å². The molecule has 92 valence electrons. The number of hydrogen-bond acceptors (Lipinski definition) is 3. The number of rotatable bonds is 2. The second-order valence-corrected chi connectivity index (χ2v) is 4.60. The third-order valence-electron chi connectivity index (χ3n) is 3.40. The summed E-state index contributed by atoms with van der Waals surface area (Å²) in [6.45, 7) is 2.72. The van der Waals surface area contributed by atoms with Gasteiger partial charge in [0.15, 0.2) is 0 Å². The zero-order chi connectivity index (χ0) is 12.5. The number of ether oxygens (including phenoxy) is 1. The van der Waals surface area contributed by atoms with Gasteiger partial charge in [0.05, 0.1) is 6.61 Å². The lowest BCUT2D eigenvalue weighted by molar-refractivity contribution is 0.219. The van der Waals surface area contributed by atoms with Gasteiger partial charge < -0.3 is 9.84 Å². The number of aryl methyl sites for hydroxylation is 1. The fourth-order valence-electron chi connectivity index (χ4n) is 2.32. The summed E-state index contributed by atoms with van der Waals surface area (Å²) in [6, 6.07) is 7.79. The topological polar surface area (TPSA) is 42.4 Å². The molecule has 0 radical (unpaired) electrons. The van der Waals surface area contributed by atoms with E-state index in [4.69, 9.17) is 4.74 Å². The van der Waals surface area contributed by atoms with Gasteiger partial charge in [-0.15, -0.1) is 0 Å². The van der Waals surface area contributed by atoms with E-state index in [1.807, 2.05) is 31.2 Å². The third kappa shape index (κ3) is 1.87. The summed E-state index contributed by atoms with van der Waals surface area (Å²) in [6.07, 6.45) is 3.76. The Bertz CT molecular complexity index is 580. The van der Waals surface area contributed by atoms with Gasteiger partial charge in [0.1, 0.15) is 11.9 Å². The van der Waals surface area contributed by atoms with Crippen molar-refractivity contribution in [3.8, 4) is 5.75 Å². The van der Waals surface area contributed by atoms with Crippen molar-refractivity contribution in [2.75, 3.05) is 6.61 Å². The summed E-state index contributed by atoms with van der Waals surface area (Å²) in [4.78, 5) is 4.08. The van der Waals surface area contributed by atoms with E-state index >= 15 is 0 Å².